The summed E-state index contributed by atoms with van der Waals surface area (Å²) in [6.07, 6.45) is 0. The fraction of sp³-hybridized carbons (Fsp3) is 0.125. The number of hydrogen-bond donors (Lipinski definition) is 1. The van der Waals surface area contributed by atoms with Gasteiger partial charge >= 0.3 is 5.97 Å². The SMILES string of the molecule is O=C(O)COc1ccc(Br)c(Br)c1Br. The predicted molar refractivity (Wildman–Crippen MR) is 62.7 cm³/mol. The maximum Gasteiger partial charge on any atom is 0.341 e. The molecular weight excluding hydrogens is 384 g/mol. The topological polar surface area (TPSA) is 46.5 Å². The molecule has 3 nitrogen and oxygen atoms in total. The van der Waals surface area contributed by atoms with Crippen LogP contribution in [0.1, 0.15) is 0 Å². The number of halogens is 3. The zero-order chi connectivity index (χ0) is 10.7. The van der Waals surface area contributed by atoms with Crippen LogP contribution >= 0.6 is 47.8 Å². The van der Waals surface area contributed by atoms with Crippen molar-refractivity contribution in [1.82, 2.24) is 0 Å². The van der Waals surface area contributed by atoms with Crippen LogP contribution in [0.25, 0.3) is 0 Å². The molecule has 0 aliphatic heterocycles. The van der Waals surface area contributed by atoms with Crippen LogP contribution in [-0.4, -0.2) is 17.7 Å². The first kappa shape index (κ1) is 12.0. The highest BCUT2D eigenvalue weighted by molar-refractivity contribution is 9.14. The molecule has 0 aliphatic rings. The molecule has 0 spiro atoms. The van der Waals surface area contributed by atoms with Gasteiger partial charge in [0.1, 0.15) is 5.75 Å². The third kappa shape index (κ3) is 2.96. The molecule has 14 heavy (non-hydrogen) atoms. The average Bonchev–Trinajstić information content (AvgIpc) is 2.13. The Balaban J connectivity index is 2.88. The van der Waals surface area contributed by atoms with Crippen molar-refractivity contribution in [2.45, 2.75) is 0 Å². The van der Waals surface area contributed by atoms with E-state index < -0.39 is 5.97 Å². The van der Waals surface area contributed by atoms with Crippen molar-refractivity contribution in [2.24, 2.45) is 0 Å². The van der Waals surface area contributed by atoms with E-state index in [1.807, 2.05) is 0 Å². The number of rotatable bonds is 3. The highest BCUT2D eigenvalue weighted by Crippen LogP contribution is 2.37. The molecule has 1 aromatic carbocycles. The minimum atomic E-state index is -1.00. The van der Waals surface area contributed by atoms with Gasteiger partial charge in [0.25, 0.3) is 0 Å². The summed E-state index contributed by atoms with van der Waals surface area (Å²) in [6, 6.07) is 3.45. The van der Waals surface area contributed by atoms with Gasteiger partial charge in [-0.15, -0.1) is 0 Å². The first-order valence-electron chi connectivity index (χ1n) is 3.50. The van der Waals surface area contributed by atoms with Gasteiger partial charge in [-0.3, -0.25) is 0 Å². The van der Waals surface area contributed by atoms with E-state index in [9.17, 15) is 4.79 Å². The predicted octanol–water partition coefficient (Wildman–Crippen LogP) is 3.44. The van der Waals surface area contributed by atoms with Crippen molar-refractivity contribution in [2.75, 3.05) is 6.61 Å². The zero-order valence-corrected chi connectivity index (χ0v) is 11.5. The van der Waals surface area contributed by atoms with Gasteiger partial charge in [-0.2, -0.15) is 0 Å². The molecule has 0 saturated carbocycles. The smallest absolute Gasteiger partial charge is 0.341 e. The van der Waals surface area contributed by atoms with Crippen molar-refractivity contribution >= 4 is 53.8 Å². The van der Waals surface area contributed by atoms with E-state index in [0.717, 1.165) is 8.95 Å². The van der Waals surface area contributed by atoms with E-state index in [4.69, 9.17) is 9.84 Å². The molecule has 0 atom stereocenters. The molecule has 0 bridgehead atoms. The molecule has 1 rings (SSSR count). The Kier molecular flexibility index (Phi) is 4.40. The summed E-state index contributed by atoms with van der Waals surface area (Å²) in [4.78, 5) is 10.3. The summed E-state index contributed by atoms with van der Waals surface area (Å²) in [5, 5.41) is 8.43. The second-order valence-electron chi connectivity index (χ2n) is 2.36. The largest absolute Gasteiger partial charge is 0.481 e. The summed E-state index contributed by atoms with van der Waals surface area (Å²) >= 11 is 9.91. The monoisotopic (exact) mass is 386 g/mol. The molecule has 0 aliphatic carbocycles. The quantitative estimate of drug-likeness (QED) is 0.807. The second-order valence-corrected chi connectivity index (χ2v) is 4.80. The Labute approximate surface area is 106 Å². The van der Waals surface area contributed by atoms with Crippen LogP contribution in [0.2, 0.25) is 0 Å². The van der Waals surface area contributed by atoms with E-state index in [1.54, 1.807) is 12.1 Å². The van der Waals surface area contributed by atoms with Crippen molar-refractivity contribution in [3.8, 4) is 5.75 Å². The van der Waals surface area contributed by atoms with Crippen LogP contribution in [0.5, 0.6) is 5.75 Å². The van der Waals surface area contributed by atoms with Crippen molar-refractivity contribution < 1.29 is 14.6 Å². The number of ether oxygens (including phenoxy) is 1. The summed E-state index contributed by atoms with van der Waals surface area (Å²) in [6.45, 7) is -0.354. The van der Waals surface area contributed by atoms with Crippen molar-refractivity contribution in [3.05, 3.63) is 25.6 Å². The van der Waals surface area contributed by atoms with E-state index >= 15 is 0 Å². The number of carbonyl (C=O) groups is 1. The standard InChI is InChI=1S/C8H5Br3O3/c9-4-1-2-5(8(11)7(4)10)14-3-6(12)13/h1-2H,3H2,(H,12,13). The van der Waals surface area contributed by atoms with E-state index in [2.05, 4.69) is 47.8 Å². The molecule has 0 saturated heterocycles. The lowest BCUT2D eigenvalue weighted by Gasteiger charge is -2.07. The molecule has 0 radical (unpaired) electrons. The van der Waals surface area contributed by atoms with Gasteiger partial charge < -0.3 is 9.84 Å². The molecule has 6 heteroatoms. The minimum absolute atomic E-state index is 0.354. The van der Waals surface area contributed by atoms with Gasteiger partial charge in [0.2, 0.25) is 0 Å². The molecule has 0 amide bonds. The lowest BCUT2D eigenvalue weighted by Crippen LogP contribution is -2.09. The molecule has 1 aromatic rings. The maximum atomic E-state index is 10.3. The van der Waals surface area contributed by atoms with Crippen LogP contribution in [0.4, 0.5) is 0 Å². The van der Waals surface area contributed by atoms with Crippen LogP contribution in [-0.2, 0) is 4.79 Å². The van der Waals surface area contributed by atoms with Gasteiger partial charge in [0, 0.05) is 8.95 Å². The number of carboxylic acids is 1. The van der Waals surface area contributed by atoms with Gasteiger partial charge in [-0.25, -0.2) is 4.79 Å². The summed E-state index contributed by atoms with van der Waals surface area (Å²) < 4.78 is 7.38. The van der Waals surface area contributed by atoms with E-state index in [1.165, 1.54) is 0 Å². The minimum Gasteiger partial charge on any atom is -0.481 e. The first-order valence-corrected chi connectivity index (χ1v) is 5.88. The zero-order valence-electron chi connectivity index (χ0n) is 6.76. The number of hydrogen-bond acceptors (Lipinski definition) is 2. The molecular formula is C8H5Br3O3. The third-order valence-electron chi connectivity index (χ3n) is 1.35. The number of benzene rings is 1. The Morgan fingerprint density at radius 3 is 2.50 bits per heavy atom. The van der Waals surface area contributed by atoms with Crippen molar-refractivity contribution in [1.29, 1.82) is 0 Å². The van der Waals surface area contributed by atoms with Gasteiger partial charge in [-0.1, -0.05) is 0 Å². The first-order chi connectivity index (χ1) is 6.52. The highest BCUT2D eigenvalue weighted by atomic mass is 79.9. The molecule has 0 unspecified atom stereocenters. The van der Waals surface area contributed by atoms with Crippen LogP contribution in [0, 0.1) is 0 Å². The molecule has 0 aromatic heterocycles. The van der Waals surface area contributed by atoms with Gasteiger partial charge in [0.15, 0.2) is 6.61 Å². The maximum absolute atomic E-state index is 10.3. The fourth-order valence-electron chi connectivity index (χ4n) is 0.759. The normalized spacial score (nSPS) is 9.93. The lowest BCUT2D eigenvalue weighted by atomic mass is 10.3. The molecule has 76 valence electrons. The van der Waals surface area contributed by atoms with Crippen LogP contribution < -0.4 is 4.74 Å². The Hall–Kier alpha value is -0.0700. The Morgan fingerprint density at radius 2 is 1.93 bits per heavy atom. The third-order valence-corrected chi connectivity index (χ3v) is 4.69. The average molecular weight is 389 g/mol. The van der Waals surface area contributed by atoms with Crippen LogP contribution in [0.15, 0.2) is 25.6 Å². The Bertz CT molecular complexity index is 365. The summed E-state index contributed by atoms with van der Waals surface area (Å²) in [5.41, 5.74) is 0. The summed E-state index contributed by atoms with van der Waals surface area (Å²) in [5.74, 6) is -0.515. The fourth-order valence-corrected chi connectivity index (χ4v) is 2.14. The number of aliphatic carboxylic acids is 1. The van der Waals surface area contributed by atoms with E-state index in [-0.39, 0.29) is 6.61 Å². The van der Waals surface area contributed by atoms with Crippen molar-refractivity contribution in [3.63, 3.8) is 0 Å². The molecule has 0 heterocycles. The molecule has 0 fully saturated rings. The summed E-state index contributed by atoms with van der Waals surface area (Å²) in [7, 11) is 0. The molecule has 1 N–H and O–H groups in total. The van der Waals surface area contributed by atoms with Gasteiger partial charge in [0.05, 0.1) is 4.47 Å². The second kappa shape index (κ2) is 5.14. The van der Waals surface area contributed by atoms with E-state index in [0.29, 0.717) is 10.2 Å². The van der Waals surface area contributed by atoms with Crippen LogP contribution in [0.3, 0.4) is 0 Å². The highest BCUT2D eigenvalue weighted by Gasteiger charge is 2.09. The number of carboxylic acid groups (broad SMARTS) is 1. The Morgan fingerprint density at radius 1 is 1.29 bits per heavy atom. The lowest BCUT2D eigenvalue weighted by molar-refractivity contribution is -0.139. The van der Waals surface area contributed by atoms with Gasteiger partial charge in [-0.05, 0) is 59.9 Å².